The van der Waals surface area contributed by atoms with Gasteiger partial charge in [0.2, 0.25) is 0 Å². The van der Waals surface area contributed by atoms with Gasteiger partial charge in [-0.3, -0.25) is 9.78 Å². The van der Waals surface area contributed by atoms with Crippen LogP contribution in [0.3, 0.4) is 0 Å². The molecule has 3 rings (SSSR count). The monoisotopic (exact) mass is 336 g/mol. The summed E-state index contributed by atoms with van der Waals surface area (Å²) in [5, 5.41) is 0. The Hall–Kier alpha value is -2.70. The zero-order valence-electron chi connectivity index (χ0n) is 12.6. The van der Waals surface area contributed by atoms with Gasteiger partial charge < -0.3 is 4.57 Å². The topological polar surface area (TPSA) is 34.9 Å². The van der Waals surface area contributed by atoms with Crippen LogP contribution in [0, 0.1) is 23.3 Å². The van der Waals surface area contributed by atoms with Crippen LogP contribution in [0.15, 0.2) is 30.6 Å². The first-order valence-corrected chi connectivity index (χ1v) is 7.21. The number of Topliss-reactive ketones (excluding diaryl/α,β-unsaturated/α-hetero) is 1. The van der Waals surface area contributed by atoms with Gasteiger partial charge in [0.25, 0.3) is 0 Å². The van der Waals surface area contributed by atoms with Gasteiger partial charge >= 0.3 is 0 Å². The molecule has 0 aliphatic heterocycles. The fourth-order valence-electron chi connectivity index (χ4n) is 2.44. The van der Waals surface area contributed by atoms with Gasteiger partial charge in [-0.05, 0) is 23.8 Å². The molecule has 124 valence electrons. The lowest BCUT2D eigenvalue weighted by Gasteiger charge is -2.06. The second kappa shape index (κ2) is 6.07. The Morgan fingerprint density at radius 3 is 2.33 bits per heavy atom. The summed E-state index contributed by atoms with van der Waals surface area (Å²) in [6.07, 6.45) is 2.69. The normalized spacial score (nSPS) is 11.2. The SMILES string of the molecule is CCC(=O)Cn1cc(F)c2ncc(-c3cc(F)c(F)c(F)c3)cc21. The van der Waals surface area contributed by atoms with E-state index in [1.165, 1.54) is 16.8 Å². The molecule has 3 nitrogen and oxygen atoms in total. The van der Waals surface area contributed by atoms with E-state index in [2.05, 4.69) is 4.98 Å². The number of hydrogen-bond acceptors (Lipinski definition) is 2. The molecule has 0 saturated carbocycles. The van der Waals surface area contributed by atoms with Gasteiger partial charge in [-0.15, -0.1) is 0 Å². The third-order valence-electron chi connectivity index (χ3n) is 3.73. The number of aromatic nitrogens is 2. The molecule has 0 amide bonds. The number of carbonyl (C=O) groups excluding carboxylic acids is 1. The highest BCUT2D eigenvalue weighted by Gasteiger charge is 2.15. The van der Waals surface area contributed by atoms with E-state index in [0.29, 0.717) is 11.9 Å². The van der Waals surface area contributed by atoms with E-state index in [9.17, 15) is 22.4 Å². The number of fused-ring (bicyclic) bond motifs is 1. The van der Waals surface area contributed by atoms with E-state index in [1.54, 1.807) is 6.92 Å². The maximum absolute atomic E-state index is 13.9. The van der Waals surface area contributed by atoms with E-state index in [-0.39, 0.29) is 29.0 Å². The van der Waals surface area contributed by atoms with Gasteiger partial charge in [-0.1, -0.05) is 6.92 Å². The van der Waals surface area contributed by atoms with E-state index in [1.807, 2.05) is 0 Å². The van der Waals surface area contributed by atoms with Crippen molar-refractivity contribution in [1.29, 1.82) is 0 Å². The molecule has 1 aromatic carbocycles. The Morgan fingerprint density at radius 1 is 1.04 bits per heavy atom. The Kier molecular flexibility index (Phi) is 4.09. The van der Waals surface area contributed by atoms with Gasteiger partial charge in [-0.2, -0.15) is 0 Å². The molecule has 7 heteroatoms. The molecule has 24 heavy (non-hydrogen) atoms. The van der Waals surface area contributed by atoms with Crippen LogP contribution in [0.1, 0.15) is 13.3 Å². The van der Waals surface area contributed by atoms with Gasteiger partial charge in [0, 0.05) is 24.4 Å². The summed E-state index contributed by atoms with van der Waals surface area (Å²) >= 11 is 0. The predicted octanol–water partition coefficient (Wildman–Crippen LogP) is 4.24. The number of ketones is 1. The molecule has 0 fully saturated rings. The molecule has 0 radical (unpaired) electrons. The fraction of sp³-hybridized carbons (Fsp3) is 0.176. The van der Waals surface area contributed by atoms with Gasteiger partial charge in [-0.25, -0.2) is 17.6 Å². The molecule has 3 aromatic rings. The van der Waals surface area contributed by atoms with E-state index < -0.39 is 23.3 Å². The highest BCUT2D eigenvalue weighted by molar-refractivity contribution is 5.85. The minimum absolute atomic E-state index is 0.0335. The molecule has 0 spiro atoms. The first-order valence-electron chi connectivity index (χ1n) is 7.21. The molecule has 0 saturated heterocycles. The van der Waals surface area contributed by atoms with Crippen LogP contribution in [0.5, 0.6) is 0 Å². The van der Waals surface area contributed by atoms with Crippen LogP contribution in [-0.4, -0.2) is 15.3 Å². The van der Waals surface area contributed by atoms with Gasteiger partial charge in [0.15, 0.2) is 29.1 Å². The lowest BCUT2D eigenvalue weighted by Crippen LogP contribution is -2.07. The Labute approximate surface area is 134 Å². The number of hydrogen-bond donors (Lipinski definition) is 0. The molecular formula is C17H12F4N2O. The Balaban J connectivity index is 2.14. The first kappa shape index (κ1) is 16.2. The molecule has 0 aliphatic carbocycles. The number of pyridine rings is 1. The summed E-state index contributed by atoms with van der Waals surface area (Å²) in [5.41, 5.74) is 0.710. The van der Waals surface area contributed by atoms with E-state index in [4.69, 9.17) is 0 Å². The summed E-state index contributed by atoms with van der Waals surface area (Å²) in [4.78, 5) is 15.6. The summed E-state index contributed by atoms with van der Waals surface area (Å²) in [6, 6.07) is 3.13. The Morgan fingerprint density at radius 2 is 1.71 bits per heavy atom. The molecular weight excluding hydrogens is 324 g/mol. The third-order valence-corrected chi connectivity index (χ3v) is 3.73. The first-order chi connectivity index (χ1) is 11.4. The quantitative estimate of drug-likeness (QED) is 0.528. The van der Waals surface area contributed by atoms with Crippen molar-refractivity contribution in [2.24, 2.45) is 0 Å². The molecule has 2 aromatic heterocycles. The number of nitrogens with zero attached hydrogens (tertiary/aromatic N) is 2. The van der Waals surface area contributed by atoms with Crippen molar-refractivity contribution in [3.63, 3.8) is 0 Å². The van der Waals surface area contributed by atoms with Crippen molar-refractivity contribution < 1.29 is 22.4 Å². The smallest absolute Gasteiger partial charge is 0.194 e. The van der Waals surface area contributed by atoms with Crippen molar-refractivity contribution in [3.05, 3.63) is 53.9 Å². The lowest BCUT2D eigenvalue weighted by molar-refractivity contribution is -0.119. The molecule has 2 heterocycles. The van der Waals surface area contributed by atoms with Crippen LogP contribution < -0.4 is 0 Å². The Bertz CT molecular complexity index is 926. The number of carbonyl (C=O) groups is 1. The minimum Gasteiger partial charge on any atom is -0.336 e. The van der Waals surface area contributed by atoms with Crippen LogP contribution in [0.25, 0.3) is 22.2 Å². The minimum atomic E-state index is -1.56. The zero-order chi connectivity index (χ0) is 17.4. The molecule has 0 N–H and O–H groups in total. The lowest BCUT2D eigenvalue weighted by atomic mass is 10.1. The number of halogens is 4. The maximum Gasteiger partial charge on any atom is 0.194 e. The van der Waals surface area contributed by atoms with Crippen molar-refractivity contribution in [1.82, 2.24) is 9.55 Å². The highest BCUT2D eigenvalue weighted by Crippen LogP contribution is 2.27. The standard InChI is InChI=1S/C17H12F4N2O/c1-2-11(24)7-23-8-14(20)17-15(23)5-10(6-22-17)9-3-12(18)16(21)13(19)4-9/h3-6,8H,2,7H2,1H3. The van der Waals surface area contributed by atoms with Crippen LogP contribution in [0.4, 0.5) is 17.6 Å². The largest absolute Gasteiger partial charge is 0.336 e. The number of rotatable bonds is 4. The second-order valence-corrected chi connectivity index (χ2v) is 5.34. The average Bonchev–Trinajstić information content (AvgIpc) is 2.87. The molecule has 0 atom stereocenters. The summed E-state index contributed by atoms with van der Waals surface area (Å²) in [7, 11) is 0. The van der Waals surface area contributed by atoms with Crippen molar-refractivity contribution >= 4 is 16.8 Å². The van der Waals surface area contributed by atoms with Crippen LogP contribution in [-0.2, 0) is 11.3 Å². The van der Waals surface area contributed by atoms with Crippen molar-refractivity contribution in [3.8, 4) is 11.1 Å². The van der Waals surface area contributed by atoms with Gasteiger partial charge in [0.05, 0.1) is 12.1 Å². The fourth-order valence-corrected chi connectivity index (χ4v) is 2.44. The van der Waals surface area contributed by atoms with E-state index >= 15 is 0 Å². The second-order valence-electron chi connectivity index (χ2n) is 5.34. The molecule has 0 unspecified atom stereocenters. The highest BCUT2D eigenvalue weighted by atomic mass is 19.2. The van der Waals surface area contributed by atoms with Gasteiger partial charge in [0.1, 0.15) is 5.52 Å². The number of benzene rings is 1. The zero-order valence-corrected chi connectivity index (χ0v) is 12.6. The summed E-state index contributed by atoms with van der Waals surface area (Å²) in [5.74, 6) is -4.91. The van der Waals surface area contributed by atoms with Crippen LogP contribution in [0.2, 0.25) is 0 Å². The van der Waals surface area contributed by atoms with Crippen molar-refractivity contribution in [2.45, 2.75) is 19.9 Å². The predicted molar refractivity (Wildman–Crippen MR) is 80.3 cm³/mol. The van der Waals surface area contributed by atoms with Crippen molar-refractivity contribution in [2.75, 3.05) is 0 Å². The maximum atomic E-state index is 13.9. The summed E-state index contributed by atoms with van der Waals surface area (Å²) < 4.78 is 55.2. The molecule has 0 bridgehead atoms. The average molecular weight is 336 g/mol. The summed E-state index contributed by atoms with van der Waals surface area (Å²) in [6.45, 7) is 1.66. The van der Waals surface area contributed by atoms with E-state index in [0.717, 1.165) is 18.3 Å². The van der Waals surface area contributed by atoms with Crippen LogP contribution >= 0.6 is 0 Å². The third kappa shape index (κ3) is 2.77. The molecule has 0 aliphatic rings.